The molecule has 1 aliphatic carbocycles. The van der Waals surface area contributed by atoms with Crippen molar-refractivity contribution in [3.63, 3.8) is 0 Å². The molecule has 0 aromatic carbocycles. The molecule has 4 nitrogen and oxygen atoms in total. The maximum Gasteiger partial charge on any atom is 0.243 e. The lowest BCUT2D eigenvalue weighted by atomic mass is 9.47. The summed E-state index contributed by atoms with van der Waals surface area (Å²) in [6, 6.07) is 0. The Hall–Kier alpha value is -0.610. The van der Waals surface area contributed by atoms with Gasteiger partial charge in [0.05, 0.1) is 6.10 Å². The fourth-order valence-corrected chi connectivity index (χ4v) is 4.29. The Morgan fingerprint density at radius 1 is 1.26 bits per heavy atom. The van der Waals surface area contributed by atoms with Gasteiger partial charge in [-0.15, -0.1) is 0 Å². The van der Waals surface area contributed by atoms with Crippen LogP contribution in [0.5, 0.6) is 0 Å². The summed E-state index contributed by atoms with van der Waals surface area (Å²) in [6.07, 6.45) is 3.31. The molecule has 0 aromatic rings. The molecule has 2 saturated heterocycles. The van der Waals surface area contributed by atoms with E-state index in [1.165, 1.54) is 0 Å². The van der Waals surface area contributed by atoms with E-state index in [9.17, 15) is 4.79 Å². The zero-order valence-corrected chi connectivity index (χ0v) is 12.3. The smallest absolute Gasteiger partial charge is 0.243 e. The second-order valence-electron chi connectivity index (χ2n) is 7.25. The Morgan fingerprint density at radius 3 is 2.53 bits per heavy atom. The molecule has 0 bridgehead atoms. The molecule has 3 rings (SSSR count). The third kappa shape index (κ3) is 1.62. The number of ether oxygens (including phenoxy) is 1. The van der Waals surface area contributed by atoms with E-state index in [2.05, 4.69) is 20.8 Å². The van der Waals surface area contributed by atoms with Crippen LogP contribution in [0.1, 0.15) is 40.0 Å². The first-order valence-corrected chi connectivity index (χ1v) is 7.59. The maximum atomic E-state index is 12.9. The van der Waals surface area contributed by atoms with E-state index in [4.69, 9.17) is 10.5 Å². The van der Waals surface area contributed by atoms with E-state index in [-0.39, 0.29) is 23.3 Å². The first-order valence-electron chi connectivity index (χ1n) is 7.59. The minimum absolute atomic E-state index is 0.163. The van der Waals surface area contributed by atoms with Gasteiger partial charge in [0.2, 0.25) is 5.91 Å². The van der Waals surface area contributed by atoms with E-state index in [1.807, 2.05) is 4.90 Å². The number of hydrogen-bond donors (Lipinski definition) is 1. The molecule has 3 fully saturated rings. The summed E-state index contributed by atoms with van der Waals surface area (Å²) in [5.41, 5.74) is 5.65. The Bertz CT molecular complexity index is 388. The quantitative estimate of drug-likeness (QED) is 0.780. The van der Waals surface area contributed by atoms with Crippen molar-refractivity contribution in [2.75, 3.05) is 19.7 Å². The minimum Gasteiger partial charge on any atom is -0.377 e. The van der Waals surface area contributed by atoms with E-state index < -0.39 is 5.54 Å². The largest absolute Gasteiger partial charge is 0.377 e. The van der Waals surface area contributed by atoms with Gasteiger partial charge in [-0.1, -0.05) is 20.8 Å². The van der Waals surface area contributed by atoms with Crippen molar-refractivity contribution >= 4 is 5.91 Å². The van der Waals surface area contributed by atoms with Crippen LogP contribution in [0, 0.1) is 17.3 Å². The van der Waals surface area contributed by atoms with Crippen LogP contribution < -0.4 is 5.73 Å². The zero-order chi connectivity index (χ0) is 13.8. The third-order valence-corrected chi connectivity index (χ3v) is 5.88. The normalized spacial score (nSPS) is 41.8. The number of rotatable bonds is 1. The van der Waals surface area contributed by atoms with Gasteiger partial charge in [-0.2, -0.15) is 0 Å². The lowest BCUT2D eigenvalue weighted by molar-refractivity contribution is -0.185. The summed E-state index contributed by atoms with van der Waals surface area (Å²) in [7, 11) is 0. The Labute approximate surface area is 115 Å². The van der Waals surface area contributed by atoms with Crippen LogP contribution in [0.3, 0.4) is 0 Å². The van der Waals surface area contributed by atoms with Gasteiger partial charge < -0.3 is 15.4 Å². The highest BCUT2D eigenvalue weighted by molar-refractivity contribution is 5.89. The molecule has 2 N–H and O–H groups in total. The van der Waals surface area contributed by atoms with Crippen molar-refractivity contribution in [3.05, 3.63) is 0 Å². The van der Waals surface area contributed by atoms with Crippen LogP contribution in [0.25, 0.3) is 0 Å². The van der Waals surface area contributed by atoms with Crippen LogP contribution in [-0.2, 0) is 9.53 Å². The number of nitrogens with two attached hydrogens (primary N) is 1. The number of carbonyl (C=O) groups excluding carboxylic acids is 1. The average Bonchev–Trinajstić information content (AvgIpc) is 2.86. The highest BCUT2D eigenvalue weighted by Gasteiger charge is 2.71. The van der Waals surface area contributed by atoms with Crippen molar-refractivity contribution in [2.24, 2.45) is 23.0 Å². The fourth-order valence-electron chi connectivity index (χ4n) is 4.29. The molecule has 19 heavy (non-hydrogen) atoms. The van der Waals surface area contributed by atoms with E-state index in [0.29, 0.717) is 0 Å². The molecule has 4 heteroatoms. The van der Waals surface area contributed by atoms with Crippen molar-refractivity contribution in [1.82, 2.24) is 4.90 Å². The number of nitrogens with zero attached hydrogens (tertiary/aromatic N) is 1. The van der Waals surface area contributed by atoms with E-state index in [1.54, 1.807) is 0 Å². The van der Waals surface area contributed by atoms with Gasteiger partial charge in [0.25, 0.3) is 0 Å². The molecule has 2 heterocycles. The first-order chi connectivity index (χ1) is 8.89. The maximum absolute atomic E-state index is 12.9. The molecule has 3 unspecified atom stereocenters. The van der Waals surface area contributed by atoms with Crippen molar-refractivity contribution < 1.29 is 9.53 Å². The predicted molar refractivity (Wildman–Crippen MR) is 73.5 cm³/mol. The lowest BCUT2D eigenvalue weighted by Gasteiger charge is -2.62. The van der Waals surface area contributed by atoms with Gasteiger partial charge in [-0.3, -0.25) is 4.79 Å². The minimum atomic E-state index is -0.714. The molecule has 0 aromatic heterocycles. The van der Waals surface area contributed by atoms with Crippen molar-refractivity contribution in [1.29, 1.82) is 0 Å². The summed E-state index contributed by atoms with van der Waals surface area (Å²) in [4.78, 5) is 14.9. The van der Waals surface area contributed by atoms with Gasteiger partial charge in [0, 0.05) is 31.0 Å². The highest BCUT2D eigenvalue weighted by Crippen LogP contribution is 2.58. The molecule has 3 aliphatic rings. The second kappa shape index (κ2) is 4.19. The molecule has 2 aliphatic heterocycles. The summed E-state index contributed by atoms with van der Waals surface area (Å²) < 4.78 is 5.77. The van der Waals surface area contributed by atoms with Gasteiger partial charge in [-0.25, -0.2) is 0 Å². The van der Waals surface area contributed by atoms with Crippen molar-refractivity contribution in [2.45, 2.75) is 51.7 Å². The number of likely N-dealkylation sites (tertiary alicyclic amines) is 1. The summed E-state index contributed by atoms with van der Waals surface area (Å²) in [6.45, 7) is 8.92. The Morgan fingerprint density at radius 2 is 1.89 bits per heavy atom. The van der Waals surface area contributed by atoms with Crippen molar-refractivity contribution in [3.8, 4) is 0 Å². The molecule has 0 radical (unpaired) electrons. The number of carbonyl (C=O) groups is 1. The average molecular weight is 266 g/mol. The second-order valence-corrected chi connectivity index (χ2v) is 7.25. The topological polar surface area (TPSA) is 55.6 Å². The standard InChI is InChI=1S/C15H26N2O2/c1-10-4-7-17(8-5-10)13(18)15(16)11-6-9-19-12(11)14(15,2)3/h10-12H,4-9,16H2,1-3H3. The number of piperidine rings is 1. The molecule has 1 amide bonds. The van der Waals surface area contributed by atoms with E-state index in [0.717, 1.165) is 44.9 Å². The summed E-state index contributed by atoms with van der Waals surface area (Å²) >= 11 is 0. The highest BCUT2D eigenvalue weighted by atomic mass is 16.5. The van der Waals surface area contributed by atoms with Gasteiger partial charge in [-0.05, 0) is 25.2 Å². The van der Waals surface area contributed by atoms with Crippen LogP contribution >= 0.6 is 0 Å². The predicted octanol–water partition coefficient (Wildman–Crippen LogP) is 1.39. The lowest BCUT2D eigenvalue weighted by Crippen LogP contribution is -2.80. The van der Waals surface area contributed by atoms with Crippen LogP contribution in [0.4, 0.5) is 0 Å². The molecular weight excluding hydrogens is 240 g/mol. The van der Waals surface area contributed by atoms with E-state index >= 15 is 0 Å². The monoisotopic (exact) mass is 266 g/mol. The fraction of sp³-hybridized carbons (Fsp3) is 0.933. The first kappa shape index (κ1) is 13.4. The molecular formula is C15H26N2O2. The number of amides is 1. The number of hydrogen-bond acceptors (Lipinski definition) is 3. The summed E-state index contributed by atoms with van der Waals surface area (Å²) in [5.74, 6) is 1.11. The summed E-state index contributed by atoms with van der Waals surface area (Å²) in [5, 5.41) is 0. The molecule has 3 atom stereocenters. The van der Waals surface area contributed by atoms with Crippen LogP contribution in [-0.4, -0.2) is 42.1 Å². The molecule has 108 valence electrons. The molecule has 1 saturated carbocycles. The van der Waals surface area contributed by atoms with Gasteiger partial charge in [0.1, 0.15) is 5.54 Å². The zero-order valence-electron chi connectivity index (χ0n) is 12.3. The molecule has 0 spiro atoms. The van der Waals surface area contributed by atoms with Crippen LogP contribution in [0.2, 0.25) is 0 Å². The van der Waals surface area contributed by atoms with Crippen LogP contribution in [0.15, 0.2) is 0 Å². The SMILES string of the molecule is CC1CCN(C(=O)C2(N)C3CCOC3C2(C)C)CC1. The number of fused-ring (bicyclic) bond motifs is 1. The third-order valence-electron chi connectivity index (χ3n) is 5.88. The Balaban J connectivity index is 1.79. The van der Waals surface area contributed by atoms with Gasteiger partial charge in [0.15, 0.2) is 0 Å². The Kier molecular flexibility index (Phi) is 2.95. The van der Waals surface area contributed by atoms with Gasteiger partial charge >= 0.3 is 0 Å².